The summed E-state index contributed by atoms with van der Waals surface area (Å²) in [5.74, 6) is 0. The first-order valence-electron chi connectivity index (χ1n) is 5.85. The Bertz CT molecular complexity index is 570. The molecule has 1 saturated heterocycles. The Hall–Kier alpha value is -1.51. The fourth-order valence-electron chi connectivity index (χ4n) is 1.98. The molecule has 1 aliphatic rings. The summed E-state index contributed by atoms with van der Waals surface area (Å²) in [5, 5.41) is 13.8. The fourth-order valence-corrected chi connectivity index (χ4v) is 3.53. The van der Waals surface area contributed by atoms with Crippen LogP contribution in [0.15, 0.2) is 29.2 Å². The Kier molecular flexibility index (Phi) is 3.83. The maximum Gasteiger partial charge on any atom is 0.293 e. The van der Waals surface area contributed by atoms with Gasteiger partial charge in [0.1, 0.15) is 0 Å². The average Bonchev–Trinajstić information content (AvgIpc) is 2.39. The van der Waals surface area contributed by atoms with Gasteiger partial charge in [0.15, 0.2) is 0 Å². The molecule has 1 atom stereocenters. The first kappa shape index (κ1) is 13.9. The Morgan fingerprint density at radius 1 is 1.37 bits per heavy atom. The van der Waals surface area contributed by atoms with Gasteiger partial charge in [-0.1, -0.05) is 17.7 Å². The number of piperazine rings is 1. The summed E-state index contributed by atoms with van der Waals surface area (Å²) in [6, 6.07) is 6.31. The van der Waals surface area contributed by atoms with E-state index in [0.29, 0.717) is 6.54 Å². The van der Waals surface area contributed by atoms with Gasteiger partial charge in [-0.15, -0.1) is 4.31 Å². The smallest absolute Gasteiger partial charge is 0.293 e. The van der Waals surface area contributed by atoms with E-state index in [1.54, 1.807) is 12.1 Å². The molecule has 7 nitrogen and oxygen atoms in total. The van der Waals surface area contributed by atoms with Gasteiger partial charge in [-0.05, 0) is 19.1 Å². The van der Waals surface area contributed by atoms with Crippen molar-refractivity contribution in [3.05, 3.63) is 39.9 Å². The van der Waals surface area contributed by atoms with Crippen LogP contribution in [0.2, 0.25) is 0 Å². The van der Waals surface area contributed by atoms with Crippen molar-refractivity contribution in [2.24, 2.45) is 0 Å². The minimum Gasteiger partial charge on any atom is -0.308 e. The SMILES string of the molecule is Cc1ccc(S(=O)(=O)N2CCNCC2[N+](=O)[O-])cc1. The second-order valence-electron chi connectivity index (χ2n) is 4.40. The Morgan fingerprint density at radius 2 is 2.00 bits per heavy atom. The molecule has 0 radical (unpaired) electrons. The molecule has 2 rings (SSSR count). The Labute approximate surface area is 111 Å². The third-order valence-electron chi connectivity index (χ3n) is 3.04. The topological polar surface area (TPSA) is 92.6 Å². The molecule has 1 aromatic carbocycles. The van der Waals surface area contributed by atoms with Gasteiger partial charge in [0.05, 0.1) is 11.4 Å². The van der Waals surface area contributed by atoms with E-state index >= 15 is 0 Å². The van der Waals surface area contributed by atoms with Crippen molar-refractivity contribution in [2.45, 2.75) is 18.0 Å². The average molecular weight is 285 g/mol. The van der Waals surface area contributed by atoms with Crippen LogP contribution in [-0.4, -0.2) is 43.4 Å². The summed E-state index contributed by atoms with van der Waals surface area (Å²) in [5.41, 5.74) is 0.935. The highest BCUT2D eigenvalue weighted by Crippen LogP contribution is 2.20. The molecule has 0 spiro atoms. The quantitative estimate of drug-likeness (QED) is 0.632. The molecule has 1 heterocycles. The van der Waals surface area contributed by atoms with Gasteiger partial charge in [-0.2, -0.15) is 0 Å². The summed E-state index contributed by atoms with van der Waals surface area (Å²) >= 11 is 0. The zero-order chi connectivity index (χ0) is 14.0. The van der Waals surface area contributed by atoms with Crippen LogP contribution in [0.25, 0.3) is 0 Å². The summed E-state index contributed by atoms with van der Waals surface area (Å²) in [4.78, 5) is 10.5. The second kappa shape index (κ2) is 5.24. The molecular formula is C11H15N3O4S. The monoisotopic (exact) mass is 285 g/mol. The van der Waals surface area contributed by atoms with Crippen LogP contribution in [0.5, 0.6) is 0 Å². The Balaban J connectivity index is 2.37. The van der Waals surface area contributed by atoms with Crippen molar-refractivity contribution in [1.29, 1.82) is 0 Å². The van der Waals surface area contributed by atoms with Crippen molar-refractivity contribution in [3.63, 3.8) is 0 Å². The lowest BCUT2D eigenvalue weighted by atomic mass is 10.2. The highest BCUT2D eigenvalue weighted by Gasteiger charge is 2.40. The minimum absolute atomic E-state index is 0.0259. The number of nitro groups is 1. The maximum absolute atomic E-state index is 12.4. The molecule has 1 aliphatic heterocycles. The van der Waals surface area contributed by atoms with Crippen LogP contribution >= 0.6 is 0 Å². The number of aryl methyl sites for hydroxylation is 1. The molecular weight excluding hydrogens is 270 g/mol. The molecule has 1 unspecified atom stereocenters. The first-order valence-corrected chi connectivity index (χ1v) is 7.29. The molecule has 0 amide bonds. The van der Waals surface area contributed by atoms with Crippen LogP contribution in [0.4, 0.5) is 0 Å². The number of nitrogens with zero attached hydrogens (tertiary/aromatic N) is 2. The number of hydrogen-bond acceptors (Lipinski definition) is 5. The lowest BCUT2D eigenvalue weighted by Crippen LogP contribution is -2.56. The zero-order valence-electron chi connectivity index (χ0n) is 10.4. The van der Waals surface area contributed by atoms with Crippen LogP contribution in [0, 0.1) is 17.0 Å². The van der Waals surface area contributed by atoms with Gasteiger partial charge in [0.25, 0.3) is 6.17 Å². The van der Waals surface area contributed by atoms with E-state index < -0.39 is 21.1 Å². The molecule has 0 bridgehead atoms. The van der Waals surface area contributed by atoms with E-state index in [2.05, 4.69) is 5.32 Å². The third kappa shape index (κ3) is 2.75. The van der Waals surface area contributed by atoms with Crippen molar-refractivity contribution >= 4 is 10.0 Å². The number of benzene rings is 1. The van der Waals surface area contributed by atoms with E-state index in [1.165, 1.54) is 12.1 Å². The molecule has 0 saturated carbocycles. The van der Waals surface area contributed by atoms with Gasteiger partial charge in [-0.3, -0.25) is 10.1 Å². The van der Waals surface area contributed by atoms with Crippen molar-refractivity contribution in [3.8, 4) is 0 Å². The zero-order valence-corrected chi connectivity index (χ0v) is 11.3. The molecule has 8 heteroatoms. The van der Waals surface area contributed by atoms with Crippen molar-refractivity contribution in [2.75, 3.05) is 19.6 Å². The third-order valence-corrected chi connectivity index (χ3v) is 4.95. The summed E-state index contributed by atoms with van der Waals surface area (Å²) in [7, 11) is -3.82. The van der Waals surface area contributed by atoms with Gasteiger partial charge in [0.2, 0.25) is 10.0 Å². The molecule has 1 N–H and O–H groups in total. The van der Waals surface area contributed by atoms with Crippen LogP contribution in [-0.2, 0) is 10.0 Å². The molecule has 19 heavy (non-hydrogen) atoms. The lowest BCUT2D eigenvalue weighted by Gasteiger charge is -2.29. The van der Waals surface area contributed by atoms with E-state index in [-0.39, 0.29) is 18.0 Å². The number of sulfonamides is 1. The first-order chi connectivity index (χ1) is 8.93. The van der Waals surface area contributed by atoms with Crippen LogP contribution < -0.4 is 5.32 Å². The second-order valence-corrected chi connectivity index (χ2v) is 6.29. The highest BCUT2D eigenvalue weighted by atomic mass is 32.2. The standard InChI is InChI=1S/C11H15N3O4S/c1-9-2-4-10(5-3-9)19(17,18)13-7-6-12-8-11(13)14(15)16/h2-5,11-12H,6-8H2,1H3. The number of hydrogen-bond donors (Lipinski definition) is 1. The van der Waals surface area contributed by atoms with Crippen LogP contribution in [0.3, 0.4) is 0 Å². The predicted octanol–water partition coefficient (Wildman–Crippen LogP) is 0.192. The summed E-state index contributed by atoms with van der Waals surface area (Å²) in [6.07, 6.45) is -1.25. The maximum atomic E-state index is 12.4. The van der Waals surface area contributed by atoms with E-state index in [0.717, 1.165) is 9.87 Å². The molecule has 1 aromatic rings. The fraction of sp³-hybridized carbons (Fsp3) is 0.455. The number of rotatable bonds is 3. The molecule has 104 valence electrons. The van der Waals surface area contributed by atoms with E-state index in [9.17, 15) is 18.5 Å². The minimum atomic E-state index is -3.82. The summed E-state index contributed by atoms with van der Waals surface area (Å²) in [6.45, 7) is 2.39. The van der Waals surface area contributed by atoms with Crippen LogP contribution in [0.1, 0.15) is 5.56 Å². The van der Waals surface area contributed by atoms with Gasteiger partial charge >= 0.3 is 0 Å². The lowest BCUT2D eigenvalue weighted by molar-refractivity contribution is -0.542. The highest BCUT2D eigenvalue weighted by molar-refractivity contribution is 7.89. The summed E-state index contributed by atoms with van der Waals surface area (Å²) < 4.78 is 25.8. The van der Waals surface area contributed by atoms with Crippen molar-refractivity contribution in [1.82, 2.24) is 9.62 Å². The van der Waals surface area contributed by atoms with Gasteiger partial charge < -0.3 is 5.32 Å². The van der Waals surface area contributed by atoms with Crippen molar-refractivity contribution < 1.29 is 13.3 Å². The van der Waals surface area contributed by atoms with E-state index in [1.807, 2.05) is 6.92 Å². The molecule has 0 aromatic heterocycles. The van der Waals surface area contributed by atoms with Gasteiger partial charge in [-0.25, -0.2) is 8.42 Å². The molecule has 0 aliphatic carbocycles. The normalized spacial score (nSPS) is 21.2. The Morgan fingerprint density at radius 3 is 2.58 bits per heavy atom. The van der Waals surface area contributed by atoms with E-state index in [4.69, 9.17) is 0 Å². The largest absolute Gasteiger partial charge is 0.308 e. The predicted molar refractivity (Wildman–Crippen MR) is 68.7 cm³/mol. The number of nitrogens with one attached hydrogen (secondary N) is 1. The van der Waals surface area contributed by atoms with Gasteiger partial charge in [0, 0.05) is 18.0 Å². The molecule has 1 fully saturated rings.